The van der Waals surface area contributed by atoms with Crippen LogP contribution < -0.4 is 9.47 Å². The predicted octanol–water partition coefficient (Wildman–Crippen LogP) is 4.30. The zero-order valence-electron chi connectivity index (χ0n) is 17.9. The summed E-state index contributed by atoms with van der Waals surface area (Å²) in [5.41, 5.74) is -0.684. The Morgan fingerprint density at radius 3 is 2.27 bits per heavy atom. The molecule has 1 saturated heterocycles. The third-order valence-corrected chi connectivity index (χ3v) is 5.35. The molecule has 160 valence electrons. The van der Waals surface area contributed by atoms with Gasteiger partial charge < -0.3 is 14.2 Å². The van der Waals surface area contributed by atoms with Gasteiger partial charge in [-0.15, -0.1) is 10.2 Å². The standard InChI is InChI=1S/C22H25ClN2O5/c1-7-12-8-9-13(29-20-15(28-6)11-16(23)24-25-20)10-14(12)17-18(26)21(2,3)30-22(4,5)19(17)27/h8-11,17H,7H2,1-6H3. The molecule has 1 aliphatic rings. The average Bonchev–Trinajstić information content (AvgIpc) is 2.68. The van der Waals surface area contributed by atoms with Crippen LogP contribution in [-0.4, -0.2) is 40.1 Å². The summed E-state index contributed by atoms with van der Waals surface area (Å²) in [4.78, 5) is 26.4. The van der Waals surface area contributed by atoms with Crippen molar-refractivity contribution in [2.45, 2.75) is 58.2 Å². The number of halogens is 1. The number of ether oxygens (including phenoxy) is 3. The Morgan fingerprint density at radius 2 is 1.70 bits per heavy atom. The van der Waals surface area contributed by atoms with E-state index < -0.39 is 17.1 Å². The van der Waals surface area contributed by atoms with Crippen LogP contribution in [-0.2, 0) is 20.7 Å². The Kier molecular flexibility index (Phi) is 5.89. The Labute approximate surface area is 180 Å². The van der Waals surface area contributed by atoms with E-state index in [2.05, 4.69) is 10.2 Å². The maximum Gasteiger partial charge on any atom is 0.281 e. The fourth-order valence-corrected chi connectivity index (χ4v) is 3.87. The first-order valence-corrected chi connectivity index (χ1v) is 10.0. The topological polar surface area (TPSA) is 87.6 Å². The first-order chi connectivity index (χ1) is 14.0. The van der Waals surface area contributed by atoms with Gasteiger partial charge in [-0.05, 0) is 57.4 Å². The van der Waals surface area contributed by atoms with E-state index in [0.717, 1.165) is 5.56 Å². The lowest BCUT2D eigenvalue weighted by molar-refractivity contribution is -0.184. The molecule has 7 nitrogen and oxygen atoms in total. The van der Waals surface area contributed by atoms with Crippen LogP contribution in [0.5, 0.6) is 17.4 Å². The molecule has 0 aliphatic carbocycles. The molecule has 1 aliphatic heterocycles. The molecule has 0 N–H and O–H groups in total. The van der Waals surface area contributed by atoms with Crippen LogP contribution in [0.25, 0.3) is 0 Å². The van der Waals surface area contributed by atoms with E-state index in [-0.39, 0.29) is 22.6 Å². The summed E-state index contributed by atoms with van der Waals surface area (Å²) in [6.07, 6.45) is 0.651. The van der Waals surface area contributed by atoms with E-state index in [0.29, 0.717) is 23.5 Å². The third kappa shape index (κ3) is 4.04. The number of benzene rings is 1. The highest BCUT2D eigenvalue weighted by Gasteiger charge is 2.53. The second kappa shape index (κ2) is 7.96. The van der Waals surface area contributed by atoms with Crippen LogP contribution in [0.4, 0.5) is 0 Å². The van der Waals surface area contributed by atoms with Gasteiger partial charge >= 0.3 is 0 Å². The molecule has 2 heterocycles. The molecule has 0 bridgehead atoms. The molecular formula is C22H25ClN2O5. The van der Waals surface area contributed by atoms with Gasteiger partial charge in [0.15, 0.2) is 22.5 Å². The van der Waals surface area contributed by atoms with Gasteiger partial charge in [0.1, 0.15) is 22.9 Å². The maximum atomic E-state index is 13.2. The van der Waals surface area contributed by atoms with Crippen LogP contribution in [0, 0.1) is 0 Å². The molecule has 0 unspecified atom stereocenters. The number of methoxy groups -OCH3 is 1. The minimum Gasteiger partial charge on any atom is -0.491 e. The number of Topliss-reactive ketones (excluding diaryl/α,β-unsaturated/α-hetero) is 2. The number of nitrogens with zero attached hydrogens (tertiary/aromatic N) is 2. The van der Waals surface area contributed by atoms with E-state index in [4.69, 9.17) is 25.8 Å². The van der Waals surface area contributed by atoms with Gasteiger partial charge in [0.05, 0.1) is 7.11 Å². The first-order valence-electron chi connectivity index (χ1n) is 9.67. The number of aryl methyl sites for hydroxylation is 1. The van der Waals surface area contributed by atoms with E-state index in [9.17, 15) is 9.59 Å². The van der Waals surface area contributed by atoms with Crippen LogP contribution in [0.1, 0.15) is 51.7 Å². The third-order valence-electron chi connectivity index (χ3n) is 5.16. The first kappa shape index (κ1) is 22.2. The average molecular weight is 433 g/mol. The predicted molar refractivity (Wildman–Crippen MR) is 111 cm³/mol. The molecule has 0 saturated carbocycles. The van der Waals surface area contributed by atoms with Gasteiger partial charge in [-0.25, -0.2) is 0 Å². The lowest BCUT2D eigenvalue weighted by Gasteiger charge is -2.43. The van der Waals surface area contributed by atoms with Crippen molar-refractivity contribution in [1.82, 2.24) is 10.2 Å². The summed E-state index contributed by atoms with van der Waals surface area (Å²) in [6, 6.07) is 6.79. The monoisotopic (exact) mass is 432 g/mol. The summed E-state index contributed by atoms with van der Waals surface area (Å²) < 4.78 is 16.9. The van der Waals surface area contributed by atoms with Crippen molar-refractivity contribution < 1.29 is 23.8 Å². The normalized spacial score (nSPS) is 18.4. The highest BCUT2D eigenvalue weighted by Crippen LogP contribution is 2.41. The molecule has 2 aromatic rings. The number of hydrogen-bond donors (Lipinski definition) is 0. The Balaban J connectivity index is 2.07. The molecule has 0 atom stereocenters. The largest absolute Gasteiger partial charge is 0.491 e. The summed E-state index contributed by atoms with van der Waals surface area (Å²) in [5.74, 6) is -0.649. The van der Waals surface area contributed by atoms with Crippen molar-refractivity contribution in [3.05, 3.63) is 40.5 Å². The van der Waals surface area contributed by atoms with Crippen molar-refractivity contribution in [1.29, 1.82) is 0 Å². The molecule has 3 rings (SSSR count). The number of hydrogen-bond acceptors (Lipinski definition) is 7. The van der Waals surface area contributed by atoms with E-state index in [1.54, 1.807) is 39.8 Å². The zero-order valence-corrected chi connectivity index (χ0v) is 18.7. The van der Waals surface area contributed by atoms with E-state index in [1.165, 1.54) is 13.2 Å². The van der Waals surface area contributed by atoms with Crippen molar-refractivity contribution in [2.24, 2.45) is 0 Å². The van der Waals surface area contributed by atoms with Crippen molar-refractivity contribution in [2.75, 3.05) is 7.11 Å². The summed E-state index contributed by atoms with van der Waals surface area (Å²) in [6.45, 7) is 8.73. The molecule has 1 aromatic heterocycles. The summed E-state index contributed by atoms with van der Waals surface area (Å²) in [5, 5.41) is 7.87. The quantitative estimate of drug-likeness (QED) is 0.650. The summed E-state index contributed by atoms with van der Waals surface area (Å²) in [7, 11) is 1.47. The molecule has 0 spiro atoms. The van der Waals surface area contributed by atoms with Gasteiger partial charge in [0.25, 0.3) is 5.88 Å². The lowest BCUT2D eigenvalue weighted by Crippen LogP contribution is -2.58. The highest BCUT2D eigenvalue weighted by atomic mass is 35.5. The number of ketones is 2. The highest BCUT2D eigenvalue weighted by molar-refractivity contribution is 6.29. The SMILES string of the molecule is CCc1ccc(Oc2nnc(Cl)cc2OC)cc1C1C(=O)C(C)(C)OC(C)(C)C1=O. The second-order valence-corrected chi connectivity index (χ2v) is 8.53. The van der Waals surface area contributed by atoms with E-state index in [1.807, 2.05) is 13.0 Å². The van der Waals surface area contributed by atoms with Crippen molar-refractivity contribution >= 4 is 23.2 Å². The number of rotatable bonds is 5. The minimum absolute atomic E-state index is 0.127. The van der Waals surface area contributed by atoms with Gasteiger partial charge in [0.2, 0.25) is 0 Å². The number of carbonyl (C=O) groups is 2. The molecule has 0 radical (unpaired) electrons. The van der Waals surface area contributed by atoms with Crippen molar-refractivity contribution in [3.8, 4) is 17.4 Å². The summed E-state index contributed by atoms with van der Waals surface area (Å²) >= 11 is 5.85. The zero-order chi connectivity index (χ0) is 22.3. The van der Waals surface area contributed by atoms with Crippen LogP contribution in [0.15, 0.2) is 24.3 Å². The maximum absolute atomic E-state index is 13.2. The fourth-order valence-electron chi connectivity index (χ4n) is 3.73. The molecule has 0 amide bonds. The van der Waals surface area contributed by atoms with Crippen LogP contribution >= 0.6 is 11.6 Å². The Bertz CT molecular complexity index is 977. The molecule has 8 heteroatoms. The van der Waals surface area contributed by atoms with Crippen molar-refractivity contribution in [3.63, 3.8) is 0 Å². The Hall–Kier alpha value is -2.51. The lowest BCUT2D eigenvalue weighted by atomic mass is 9.73. The molecular weight excluding hydrogens is 408 g/mol. The van der Waals surface area contributed by atoms with Gasteiger partial charge in [-0.2, -0.15) is 0 Å². The van der Waals surface area contributed by atoms with E-state index >= 15 is 0 Å². The molecule has 30 heavy (non-hydrogen) atoms. The Morgan fingerprint density at radius 1 is 1.07 bits per heavy atom. The minimum atomic E-state index is -1.09. The number of carbonyl (C=O) groups excluding carboxylic acids is 2. The van der Waals surface area contributed by atoms with Gasteiger partial charge in [-0.3, -0.25) is 9.59 Å². The van der Waals surface area contributed by atoms with Gasteiger partial charge in [0, 0.05) is 6.07 Å². The molecule has 1 fully saturated rings. The molecule has 1 aromatic carbocycles. The second-order valence-electron chi connectivity index (χ2n) is 8.14. The van der Waals surface area contributed by atoms with Crippen LogP contribution in [0.3, 0.4) is 0 Å². The number of aromatic nitrogens is 2. The van der Waals surface area contributed by atoms with Gasteiger partial charge in [-0.1, -0.05) is 24.6 Å². The van der Waals surface area contributed by atoms with Crippen LogP contribution in [0.2, 0.25) is 5.15 Å². The fraction of sp³-hybridized carbons (Fsp3) is 0.455. The smallest absolute Gasteiger partial charge is 0.281 e.